The van der Waals surface area contributed by atoms with Gasteiger partial charge >= 0.3 is 0 Å². The van der Waals surface area contributed by atoms with Gasteiger partial charge < -0.3 is 14.8 Å². The van der Waals surface area contributed by atoms with Crippen molar-refractivity contribution in [1.29, 1.82) is 0 Å². The first-order valence-corrected chi connectivity index (χ1v) is 11.5. The van der Waals surface area contributed by atoms with E-state index in [0.29, 0.717) is 43.3 Å². The van der Waals surface area contributed by atoms with Crippen LogP contribution in [0.4, 0.5) is 5.69 Å². The first kappa shape index (κ1) is 23.1. The van der Waals surface area contributed by atoms with Gasteiger partial charge in [-0.05, 0) is 42.8 Å². The number of benzene rings is 2. The first-order chi connectivity index (χ1) is 14.2. The monoisotopic (exact) mass is 492 g/mol. The van der Waals surface area contributed by atoms with E-state index in [-0.39, 0.29) is 26.6 Å². The van der Waals surface area contributed by atoms with Crippen LogP contribution in [0.1, 0.15) is 5.56 Å². The predicted octanol–water partition coefficient (Wildman–Crippen LogP) is 3.99. The van der Waals surface area contributed by atoms with Crippen molar-refractivity contribution in [2.45, 2.75) is 11.8 Å². The molecular formula is C19H19Cl3N2O5S. The maximum absolute atomic E-state index is 12.7. The van der Waals surface area contributed by atoms with Gasteiger partial charge in [0.25, 0.3) is 5.91 Å². The normalized spacial score (nSPS) is 15.1. The van der Waals surface area contributed by atoms with Crippen LogP contribution in [0.5, 0.6) is 5.75 Å². The Balaban J connectivity index is 1.65. The van der Waals surface area contributed by atoms with Crippen molar-refractivity contribution in [2.75, 3.05) is 38.2 Å². The lowest BCUT2D eigenvalue weighted by atomic mass is 10.2. The minimum absolute atomic E-state index is 0.168. The molecule has 0 spiro atoms. The van der Waals surface area contributed by atoms with Crippen LogP contribution < -0.4 is 10.1 Å². The number of nitrogens with one attached hydrogen (secondary N) is 1. The number of sulfonamides is 1. The molecule has 3 rings (SSSR count). The largest absolute Gasteiger partial charge is 0.483 e. The van der Waals surface area contributed by atoms with E-state index in [2.05, 4.69) is 5.32 Å². The quantitative estimate of drug-likeness (QED) is 0.615. The molecule has 0 saturated carbocycles. The van der Waals surface area contributed by atoms with E-state index in [1.54, 1.807) is 6.92 Å². The molecule has 30 heavy (non-hydrogen) atoms. The number of hydrogen-bond donors (Lipinski definition) is 1. The number of morpholine rings is 1. The molecule has 1 saturated heterocycles. The summed E-state index contributed by atoms with van der Waals surface area (Å²) in [6, 6.07) is 7.39. The van der Waals surface area contributed by atoms with Gasteiger partial charge in [0.1, 0.15) is 5.75 Å². The number of aryl methyl sites for hydroxylation is 1. The Morgan fingerprint density at radius 1 is 1.10 bits per heavy atom. The third-order valence-electron chi connectivity index (χ3n) is 4.40. The summed E-state index contributed by atoms with van der Waals surface area (Å²) in [5, 5.41) is 3.37. The lowest BCUT2D eigenvalue weighted by Crippen LogP contribution is -2.40. The van der Waals surface area contributed by atoms with Crippen molar-refractivity contribution < 1.29 is 22.7 Å². The standard InChI is InChI=1S/C19H19Cl3N2O5S/c1-12-8-13(30(26,27)24-4-6-28-7-5-24)2-3-18(12)29-11-19(25)23-17-10-15(21)14(20)9-16(17)22/h2-3,8-10H,4-7,11H2,1H3,(H,23,25). The second-order valence-corrected chi connectivity index (χ2v) is 9.69. The highest BCUT2D eigenvalue weighted by Gasteiger charge is 2.26. The third-order valence-corrected chi connectivity index (χ3v) is 7.33. The summed E-state index contributed by atoms with van der Waals surface area (Å²) in [7, 11) is -3.61. The Morgan fingerprint density at radius 2 is 1.77 bits per heavy atom. The molecule has 2 aromatic carbocycles. The molecule has 1 aliphatic rings. The highest BCUT2D eigenvalue weighted by atomic mass is 35.5. The van der Waals surface area contributed by atoms with E-state index in [4.69, 9.17) is 44.3 Å². The number of nitrogens with zero attached hydrogens (tertiary/aromatic N) is 1. The summed E-state index contributed by atoms with van der Waals surface area (Å²) in [5.41, 5.74) is 0.896. The highest BCUT2D eigenvalue weighted by Crippen LogP contribution is 2.32. The number of carbonyl (C=O) groups is 1. The molecule has 1 amide bonds. The lowest BCUT2D eigenvalue weighted by molar-refractivity contribution is -0.118. The molecule has 2 aromatic rings. The second-order valence-electron chi connectivity index (χ2n) is 6.53. The fourth-order valence-electron chi connectivity index (χ4n) is 2.83. The minimum atomic E-state index is -3.61. The zero-order valence-corrected chi connectivity index (χ0v) is 19.0. The molecule has 11 heteroatoms. The van der Waals surface area contributed by atoms with E-state index in [1.807, 2.05) is 0 Å². The Labute approximate surface area is 189 Å². The summed E-state index contributed by atoms with van der Waals surface area (Å²) in [6.07, 6.45) is 0. The summed E-state index contributed by atoms with van der Waals surface area (Å²) < 4.78 is 37.6. The number of ether oxygens (including phenoxy) is 2. The van der Waals surface area contributed by atoms with Crippen LogP contribution in [0.15, 0.2) is 35.2 Å². The number of anilines is 1. The average molecular weight is 494 g/mol. The molecule has 0 aromatic heterocycles. The van der Waals surface area contributed by atoms with Gasteiger partial charge in [-0.3, -0.25) is 4.79 Å². The molecule has 0 aliphatic carbocycles. The van der Waals surface area contributed by atoms with Gasteiger partial charge in [0.2, 0.25) is 10.0 Å². The maximum atomic E-state index is 12.7. The Morgan fingerprint density at radius 3 is 2.43 bits per heavy atom. The second kappa shape index (κ2) is 9.72. The molecule has 0 bridgehead atoms. The molecule has 0 atom stereocenters. The fraction of sp³-hybridized carbons (Fsp3) is 0.316. The Bertz CT molecular complexity index is 1060. The number of carbonyl (C=O) groups excluding carboxylic acids is 1. The van der Waals surface area contributed by atoms with Crippen LogP contribution in [0, 0.1) is 6.92 Å². The van der Waals surface area contributed by atoms with Gasteiger partial charge in [-0.2, -0.15) is 4.31 Å². The van der Waals surface area contributed by atoms with E-state index >= 15 is 0 Å². The van der Waals surface area contributed by atoms with Gasteiger partial charge in [0, 0.05) is 13.1 Å². The zero-order chi connectivity index (χ0) is 21.9. The van der Waals surface area contributed by atoms with Gasteiger partial charge in [0.15, 0.2) is 6.61 Å². The maximum Gasteiger partial charge on any atom is 0.262 e. The fourth-order valence-corrected chi connectivity index (χ4v) is 4.92. The molecule has 1 aliphatic heterocycles. The van der Waals surface area contributed by atoms with Crippen molar-refractivity contribution in [1.82, 2.24) is 4.31 Å². The topological polar surface area (TPSA) is 84.9 Å². The summed E-state index contributed by atoms with van der Waals surface area (Å²) >= 11 is 17.9. The van der Waals surface area contributed by atoms with Crippen LogP contribution in [-0.2, 0) is 19.6 Å². The highest BCUT2D eigenvalue weighted by molar-refractivity contribution is 7.89. The van der Waals surface area contributed by atoms with Gasteiger partial charge in [0.05, 0.1) is 38.9 Å². The molecule has 1 fully saturated rings. The first-order valence-electron chi connectivity index (χ1n) is 8.94. The van der Waals surface area contributed by atoms with E-state index < -0.39 is 15.9 Å². The predicted molar refractivity (Wildman–Crippen MR) is 116 cm³/mol. The van der Waals surface area contributed by atoms with Gasteiger partial charge in [-0.15, -0.1) is 0 Å². The van der Waals surface area contributed by atoms with Crippen molar-refractivity contribution >= 4 is 56.4 Å². The lowest BCUT2D eigenvalue weighted by Gasteiger charge is -2.26. The van der Waals surface area contributed by atoms with E-state index in [1.165, 1.54) is 34.6 Å². The summed E-state index contributed by atoms with van der Waals surface area (Å²) in [5.74, 6) is -0.0639. The number of halogens is 3. The molecule has 1 N–H and O–H groups in total. The Hall–Kier alpha value is -1.55. The van der Waals surface area contributed by atoms with Crippen LogP contribution in [0.2, 0.25) is 15.1 Å². The SMILES string of the molecule is Cc1cc(S(=O)(=O)N2CCOCC2)ccc1OCC(=O)Nc1cc(Cl)c(Cl)cc1Cl. The molecule has 162 valence electrons. The van der Waals surface area contributed by atoms with Gasteiger partial charge in [-0.1, -0.05) is 34.8 Å². The Kier molecular flexibility index (Phi) is 7.49. The molecule has 1 heterocycles. The van der Waals surface area contributed by atoms with Crippen LogP contribution >= 0.6 is 34.8 Å². The number of hydrogen-bond acceptors (Lipinski definition) is 5. The van der Waals surface area contributed by atoms with E-state index in [0.717, 1.165) is 0 Å². The molecule has 0 radical (unpaired) electrons. The van der Waals surface area contributed by atoms with Crippen molar-refractivity contribution in [3.05, 3.63) is 51.0 Å². The smallest absolute Gasteiger partial charge is 0.262 e. The van der Waals surface area contributed by atoms with Crippen LogP contribution in [0.3, 0.4) is 0 Å². The zero-order valence-electron chi connectivity index (χ0n) is 16.0. The summed E-state index contributed by atoms with van der Waals surface area (Å²) in [6.45, 7) is 2.79. The average Bonchev–Trinajstić information content (AvgIpc) is 2.71. The third kappa shape index (κ3) is 5.38. The molecule has 0 unspecified atom stereocenters. The number of amides is 1. The molecular weight excluding hydrogens is 475 g/mol. The van der Waals surface area contributed by atoms with Crippen molar-refractivity contribution in [2.24, 2.45) is 0 Å². The van der Waals surface area contributed by atoms with Gasteiger partial charge in [-0.25, -0.2) is 8.42 Å². The van der Waals surface area contributed by atoms with E-state index in [9.17, 15) is 13.2 Å². The number of rotatable bonds is 6. The summed E-state index contributed by atoms with van der Waals surface area (Å²) in [4.78, 5) is 12.4. The van der Waals surface area contributed by atoms with Crippen molar-refractivity contribution in [3.8, 4) is 5.75 Å². The molecule has 7 nitrogen and oxygen atoms in total. The van der Waals surface area contributed by atoms with Crippen molar-refractivity contribution in [3.63, 3.8) is 0 Å². The van der Waals surface area contributed by atoms with Crippen LogP contribution in [-0.4, -0.2) is 51.5 Å². The van der Waals surface area contributed by atoms with Crippen LogP contribution in [0.25, 0.3) is 0 Å². The minimum Gasteiger partial charge on any atom is -0.483 e.